The van der Waals surface area contributed by atoms with Crippen molar-refractivity contribution in [1.29, 1.82) is 0 Å². The number of aliphatic imine (C=N–C) groups is 4. The van der Waals surface area contributed by atoms with E-state index in [-0.39, 0.29) is 24.2 Å². The van der Waals surface area contributed by atoms with Gasteiger partial charge in [0.1, 0.15) is 37.3 Å². The van der Waals surface area contributed by atoms with Crippen molar-refractivity contribution in [3.8, 4) is 0 Å². The van der Waals surface area contributed by atoms with Crippen LogP contribution >= 0.6 is 0 Å². The van der Waals surface area contributed by atoms with Crippen LogP contribution in [0.1, 0.15) is 80.4 Å². The highest BCUT2D eigenvalue weighted by Gasteiger charge is 2.47. The third kappa shape index (κ3) is 6.55. The molecule has 0 saturated heterocycles. The highest BCUT2D eigenvalue weighted by Crippen LogP contribution is 2.37. The Labute approximate surface area is 264 Å². The lowest BCUT2D eigenvalue weighted by molar-refractivity contribution is 0.243. The molecule has 0 bridgehead atoms. The first-order chi connectivity index (χ1) is 20.8. The van der Waals surface area contributed by atoms with Gasteiger partial charge in [-0.3, -0.25) is 0 Å². The molecule has 1 aromatic carbocycles. The van der Waals surface area contributed by atoms with E-state index in [0.29, 0.717) is 62.9 Å². The molecule has 4 aliphatic heterocycles. The van der Waals surface area contributed by atoms with Gasteiger partial charge in [0.05, 0.1) is 24.2 Å². The van der Waals surface area contributed by atoms with Crippen molar-refractivity contribution in [2.75, 3.05) is 26.4 Å². The number of hydrogen-bond acceptors (Lipinski definition) is 8. The standard InChI is InChI=1S/C36H54N4O4/c1-21(2)27-17-41-31(37-27)35(9,32-38-28(18-42-32)22(3)4)15-25-11-13-26(14-12-25)16-36(10,33-39-29(19-43-33)23(5)6)34-40-30(20-44-34)24(7)8/h11-14,21-24,27-30H,15-20H2,1-10H3/t27-,28-,29-,30-/m0/s1. The highest BCUT2D eigenvalue weighted by molar-refractivity contribution is 6.07. The maximum absolute atomic E-state index is 6.26. The molecule has 0 aliphatic carbocycles. The molecule has 4 heterocycles. The van der Waals surface area contributed by atoms with E-state index in [1.807, 2.05) is 0 Å². The summed E-state index contributed by atoms with van der Waals surface area (Å²) in [5.41, 5.74) is 1.22. The van der Waals surface area contributed by atoms with E-state index >= 15 is 0 Å². The van der Waals surface area contributed by atoms with Crippen molar-refractivity contribution in [3.63, 3.8) is 0 Å². The number of benzene rings is 1. The second kappa shape index (κ2) is 12.8. The summed E-state index contributed by atoms with van der Waals surface area (Å²) in [6.07, 6.45) is 1.38. The molecule has 0 N–H and O–H groups in total. The first-order valence-electron chi connectivity index (χ1n) is 16.7. The molecule has 4 aliphatic rings. The molecular formula is C36H54N4O4. The van der Waals surface area contributed by atoms with Crippen LogP contribution in [0.5, 0.6) is 0 Å². The molecule has 5 rings (SSSR count). The molecule has 8 heteroatoms. The van der Waals surface area contributed by atoms with Gasteiger partial charge < -0.3 is 18.9 Å². The van der Waals surface area contributed by atoms with Gasteiger partial charge in [0, 0.05) is 0 Å². The summed E-state index contributed by atoms with van der Waals surface area (Å²) in [7, 11) is 0. The monoisotopic (exact) mass is 606 g/mol. The van der Waals surface area contributed by atoms with Gasteiger partial charge in [0.2, 0.25) is 0 Å². The summed E-state index contributed by atoms with van der Waals surface area (Å²) in [4.78, 5) is 20.2. The molecule has 4 atom stereocenters. The van der Waals surface area contributed by atoms with E-state index in [1.54, 1.807) is 0 Å². The second-order valence-electron chi connectivity index (χ2n) is 15.1. The molecular weight excluding hydrogens is 552 g/mol. The predicted molar refractivity (Wildman–Crippen MR) is 178 cm³/mol. The van der Waals surface area contributed by atoms with E-state index in [9.17, 15) is 0 Å². The third-order valence-corrected chi connectivity index (χ3v) is 9.80. The first-order valence-corrected chi connectivity index (χ1v) is 16.7. The van der Waals surface area contributed by atoms with Crippen LogP contribution in [-0.4, -0.2) is 74.2 Å². The molecule has 0 fully saturated rings. The Bertz CT molecular complexity index is 1130. The fourth-order valence-electron chi connectivity index (χ4n) is 6.21. The molecule has 0 radical (unpaired) electrons. The minimum atomic E-state index is -0.570. The van der Waals surface area contributed by atoms with Gasteiger partial charge in [-0.05, 0) is 61.5 Å². The molecule has 242 valence electrons. The second-order valence-corrected chi connectivity index (χ2v) is 15.1. The minimum Gasteiger partial charge on any atom is -0.478 e. The van der Waals surface area contributed by atoms with Crippen molar-refractivity contribution in [3.05, 3.63) is 35.4 Å². The third-order valence-electron chi connectivity index (χ3n) is 9.80. The van der Waals surface area contributed by atoms with Gasteiger partial charge in [-0.15, -0.1) is 0 Å². The van der Waals surface area contributed by atoms with Gasteiger partial charge in [-0.1, -0.05) is 79.7 Å². The van der Waals surface area contributed by atoms with Crippen molar-refractivity contribution in [1.82, 2.24) is 0 Å². The quantitative estimate of drug-likeness (QED) is 0.268. The van der Waals surface area contributed by atoms with Gasteiger partial charge in [0.25, 0.3) is 0 Å². The molecule has 0 saturated carbocycles. The smallest absolute Gasteiger partial charge is 0.199 e. The number of nitrogens with zero attached hydrogens (tertiary/aromatic N) is 4. The Balaban J connectivity index is 1.41. The Morgan fingerprint density at radius 1 is 0.500 bits per heavy atom. The SMILES string of the molecule is CC(C)[C@@H]1COC(C(C)(Cc2ccc(CC(C)(C3=N[C@H](C(C)C)CO3)C3=N[C@H](C(C)C)CO3)cc2)C2=N[C@H](C(C)C)CO2)=N1. The Morgan fingerprint density at radius 3 is 0.909 bits per heavy atom. The summed E-state index contributed by atoms with van der Waals surface area (Å²) in [5.74, 6) is 4.60. The summed E-state index contributed by atoms with van der Waals surface area (Å²) < 4.78 is 25.0. The van der Waals surface area contributed by atoms with Crippen LogP contribution in [0.15, 0.2) is 44.2 Å². The Hall–Kier alpha value is -2.90. The molecule has 0 amide bonds. The lowest BCUT2D eigenvalue weighted by Gasteiger charge is -2.29. The molecule has 0 aromatic heterocycles. The largest absolute Gasteiger partial charge is 0.478 e. The van der Waals surface area contributed by atoms with Crippen LogP contribution in [0.25, 0.3) is 0 Å². The predicted octanol–water partition coefficient (Wildman–Crippen LogP) is 6.60. The first kappa shape index (κ1) is 32.5. The topological polar surface area (TPSA) is 86.4 Å². The average Bonchev–Trinajstić information content (AvgIpc) is 3.80. The molecule has 8 nitrogen and oxygen atoms in total. The fraction of sp³-hybridized carbons (Fsp3) is 0.722. The zero-order valence-electron chi connectivity index (χ0n) is 28.6. The van der Waals surface area contributed by atoms with Crippen LogP contribution in [0.2, 0.25) is 0 Å². The fourth-order valence-corrected chi connectivity index (χ4v) is 6.21. The zero-order valence-corrected chi connectivity index (χ0v) is 28.6. The normalized spacial score (nSPS) is 25.6. The van der Waals surface area contributed by atoms with E-state index in [4.69, 9.17) is 38.9 Å². The number of hydrogen-bond donors (Lipinski definition) is 0. The Morgan fingerprint density at radius 2 is 0.727 bits per heavy atom. The van der Waals surface area contributed by atoms with E-state index in [0.717, 1.165) is 23.6 Å². The summed E-state index contributed by atoms with van der Waals surface area (Å²) >= 11 is 0. The van der Waals surface area contributed by atoms with E-state index < -0.39 is 10.8 Å². The van der Waals surface area contributed by atoms with Crippen LogP contribution in [-0.2, 0) is 31.8 Å². The van der Waals surface area contributed by atoms with E-state index in [2.05, 4.69) is 93.5 Å². The highest BCUT2D eigenvalue weighted by atomic mass is 16.5. The van der Waals surface area contributed by atoms with Gasteiger partial charge in [0.15, 0.2) is 23.6 Å². The lowest BCUT2D eigenvalue weighted by atomic mass is 9.80. The Kier molecular flexibility index (Phi) is 9.48. The number of ether oxygens (including phenoxy) is 4. The lowest BCUT2D eigenvalue weighted by Crippen LogP contribution is -2.39. The van der Waals surface area contributed by atoms with Crippen LogP contribution in [0.4, 0.5) is 0 Å². The van der Waals surface area contributed by atoms with Gasteiger partial charge in [-0.25, -0.2) is 20.0 Å². The molecule has 0 unspecified atom stereocenters. The molecule has 44 heavy (non-hydrogen) atoms. The summed E-state index contributed by atoms with van der Waals surface area (Å²) in [6, 6.07) is 9.45. The van der Waals surface area contributed by atoms with E-state index in [1.165, 1.54) is 11.1 Å². The van der Waals surface area contributed by atoms with Gasteiger partial charge >= 0.3 is 0 Å². The van der Waals surface area contributed by atoms with Crippen LogP contribution in [0.3, 0.4) is 0 Å². The van der Waals surface area contributed by atoms with Crippen molar-refractivity contribution < 1.29 is 18.9 Å². The minimum absolute atomic E-state index is 0.152. The van der Waals surface area contributed by atoms with Crippen LogP contribution in [0, 0.1) is 34.5 Å². The average molecular weight is 607 g/mol. The summed E-state index contributed by atoms with van der Waals surface area (Å²) in [5, 5.41) is 0. The molecule has 0 spiro atoms. The maximum atomic E-state index is 6.26. The van der Waals surface area contributed by atoms with Crippen molar-refractivity contribution >= 4 is 23.6 Å². The zero-order chi connectivity index (χ0) is 31.8. The molecule has 1 aromatic rings. The van der Waals surface area contributed by atoms with Crippen molar-refractivity contribution in [2.45, 2.75) is 106 Å². The number of rotatable bonds is 12. The maximum Gasteiger partial charge on any atom is 0.199 e. The van der Waals surface area contributed by atoms with Gasteiger partial charge in [-0.2, -0.15) is 0 Å². The van der Waals surface area contributed by atoms with Crippen molar-refractivity contribution in [2.24, 2.45) is 54.5 Å². The summed E-state index contributed by atoms with van der Waals surface area (Å²) in [6.45, 7) is 24.3. The van der Waals surface area contributed by atoms with Crippen LogP contribution < -0.4 is 0 Å².